The van der Waals surface area contributed by atoms with Crippen LogP contribution >= 0.6 is 0 Å². The summed E-state index contributed by atoms with van der Waals surface area (Å²) in [7, 11) is 5.99. The maximum absolute atomic E-state index is 10.5. The number of hydrogen-bond donors (Lipinski definition) is 1. The third-order valence-corrected chi connectivity index (χ3v) is 2.69. The molecule has 0 bridgehead atoms. The van der Waals surface area contributed by atoms with Gasteiger partial charge < -0.3 is 15.1 Å². The van der Waals surface area contributed by atoms with Gasteiger partial charge in [0.1, 0.15) is 12.0 Å². The third-order valence-electron chi connectivity index (χ3n) is 2.69. The molecule has 7 heteroatoms. The molecule has 0 aliphatic rings. The van der Waals surface area contributed by atoms with E-state index in [1.165, 1.54) is 12.3 Å². The Kier molecular flexibility index (Phi) is 6.17. The van der Waals surface area contributed by atoms with E-state index in [4.69, 9.17) is 0 Å². The minimum absolute atomic E-state index is 0.0151. The summed E-state index contributed by atoms with van der Waals surface area (Å²) in [6, 6.07) is 3.14. The number of pyridine rings is 1. The van der Waals surface area contributed by atoms with Crippen molar-refractivity contribution >= 4 is 11.5 Å². The van der Waals surface area contributed by atoms with Crippen LogP contribution in [-0.4, -0.2) is 62.1 Å². The second-order valence-electron chi connectivity index (χ2n) is 4.61. The lowest BCUT2D eigenvalue weighted by atomic mass is 10.4. The smallest absolute Gasteiger partial charge is 0.287 e. The van der Waals surface area contributed by atoms with Crippen LogP contribution in [0.25, 0.3) is 0 Å². The molecule has 1 rings (SSSR count). The van der Waals surface area contributed by atoms with Crippen LogP contribution in [0.5, 0.6) is 0 Å². The average molecular weight is 267 g/mol. The molecule has 0 aliphatic carbocycles. The highest BCUT2D eigenvalue weighted by molar-refractivity contribution is 5.42. The number of nitrogens with one attached hydrogen (secondary N) is 1. The molecule has 0 spiro atoms. The van der Waals surface area contributed by atoms with Crippen LogP contribution in [0.2, 0.25) is 0 Å². The predicted molar refractivity (Wildman–Crippen MR) is 75.6 cm³/mol. The van der Waals surface area contributed by atoms with E-state index in [-0.39, 0.29) is 5.69 Å². The molecule has 1 aromatic rings. The van der Waals surface area contributed by atoms with E-state index < -0.39 is 4.92 Å². The Morgan fingerprint density at radius 2 is 1.95 bits per heavy atom. The Morgan fingerprint density at radius 3 is 2.47 bits per heavy atom. The van der Waals surface area contributed by atoms with Crippen LogP contribution in [0.1, 0.15) is 0 Å². The Morgan fingerprint density at radius 1 is 1.26 bits per heavy atom. The summed E-state index contributed by atoms with van der Waals surface area (Å²) in [4.78, 5) is 18.2. The zero-order valence-electron chi connectivity index (χ0n) is 11.7. The first-order valence-electron chi connectivity index (χ1n) is 6.17. The molecule has 106 valence electrons. The Labute approximate surface area is 113 Å². The van der Waals surface area contributed by atoms with Crippen LogP contribution in [0, 0.1) is 10.1 Å². The normalized spacial score (nSPS) is 10.7. The lowest BCUT2D eigenvalue weighted by Crippen LogP contribution is -2.33. The molecule has 0 unspecified atom stereocenters. The highest BCUT2D eigenvalue weighted by atomic mass is 16.6. The van der Waals surface area contributed by atoms with Crippen LogP contribution in [0.3, 0.4) is 0 Å². The number of aromatic nitrogens is 1. The molecule has 0 aromatic carbocycles. The van der Waals surface area contributed by atoms with Gasteiger partial charge in [0.15, 0.2) is 0 Å². The van der Waals surface area contributed by atoms with Gasteiger partial charge in [0.25, 0.3) is 5.69 Å². The highest BCUT2D eigenvalue weighted by Crippen LogP contribution is 2.13. The molecule has 0 saturated carbocycles. The first-order valence-corrected chi connectivity index (χ1v) is 6.17. The zero-order chi connectivity index (χ0) is 14.3. The fourth-order valence-electron chi connectivity index (χ4n) is 1.50. The molecule has 0 atom stereocenters. The minimum Gasteiger partial charge on any atom is -0.358 e. The largest absolute Gasteiger partial charge is 0.358 e. The summed E-state index contributed by atoms with van der Waals surface area (Å²) >= 11 is 0. The van der Waals surface area contributed by atoms with Gasteiger partial charge in [-0.05, 0) is 20.2 Å². The molecule has 19 heavy (non-hydrogen) atoms. The molecular formula is C12H21N5O2. The summed E-state index contributed by atoms with van der Waals surface area (Å²) in [6.45, 7) is 3.59. The molecular weight excluding hydrogens is 246 g/mol. The van der Waals surface area contributed by atoms with Crippen LogP contribution in [-0.2, 0) is 0 Å². The van der Waals surface area contributed by atoms with E-state index in [1.807, 2.05) is 26.0 Å². The van der Waals surface area contributed by atoms with E-state index in [9.17, 15) is 10.1 Å². The monoisotopic (exact) mass is 267 g/mol. The van der Waals surface area contributed by atoms with Crippen molar-refractivity contribution in [3.05, 3.63) is 28.4 Å². The van der Waals surface area contributed by atoms with Crippen molar-refractivity contribution in [2.75, 3.05) is 52.2 Å². The van der Waals surface area contributed by atoms with Crippen molar-refractivity contribution in [3.63, 3.8) is 0 Å². The summed E-state index contributed by atoms with van der Waals surface area (Å²) in [5, 5.41) is 13.8. The molecule has 7 nitrogen and oxygen atoms in total. The number of nitrogens with zero attached hydrogens (tertiary/aromatic N) is 4. The quantitative estimate of drug-likeness (QED) is 0.422. The van der Waals surface area contributed by atoms with Crippen molar-refractivity contribution in [2.24, 2.45) is 0 Å². The number of hydrogen-bond acceptors (Lipinski definition) is 6. The van der Waals surface area contributed by atoms with Crippen molar-refractivity contribution < 1.29 is 4.92 Å². The van der Waals surface area contributed by atoms with Gasteiger partial charge in [-0.1, -0.05) is 0 Å². The molecule has 0 saturated heterocycles. The summed E-state index contributed by atoms with van der Waals surface area (Å²) in [6.07, 6.45) is 1.28. The zero-order valence-corrected chi connectivity index (χ0v) is 11.7. The van der Waals surface area contributed by atoms with Crippen molar-refractivity contribution in [2.45, 2.75) is 0 Å². The van der Waals surface area contributed by atoms with Gasteiger partial charge in [0.05, 0.1) is 4.92 Å². The second-order valence-corrected chi connectivity index (χ2v) is 4.61. The van der Waals surface area contributed by atoms with E-state index in [2.05, 4.69) is 15.2 Å². The molecule has 0 fully saturated rings. The first-order chi connectivity index (χ1) is 9.00. The molecule has 0 radical (unpaired) electrons. The fourth-order valence-corrected chi connectivity index (χ4v) is 1.50. The number of nitro groups is 1. The molecule has 1 N–H and O–H groups in total. The van der Waals surface area contributed by atoms with Gasteiger partial charge >= 0.3 is 0 Å². The van der Waals surface area contributed by atoms with Gasteiger partial charge in [-0.15, -0.1) is 0 Å². The van der Waals surface area contributed by atoms with E-state index in [1.54, 1.807) is 6.07 Å². The predicted octanol–water partition coefficient (Wildman–Crippen LogP) is 0.577. The molecule has 0 aliphatic heterocycles. The highest BCUT2D eigenvalue weighted by Gasteiger charge is 2.07. The number of anilines is 1. The Balaban J connectivity index is 2.33. The van der Waals surface area contributed by atoms with Crippen molar-refractivity contribution in [1.29, 1.82) is 0 Å². The van der Waals surface area contributed by atoms with E-state index in [0.29, 0.717) is 0 Å². The van der Waals surface area contributed by atoms with Gasteiger partial charge in [-0.2, -0.15) is 0 Å². The number of rotatable bonds is 8. The van der Waals surface area contributed by atoms with E-state index >= 15 is 0 Å². The van der Waals surface area contributed by atoms with E-state index in [0.717, 1.165) is 32.0 Å². The molecule has 1 heterocycles. The third kappa shape index (κ3) is 5.62. The topological polar surface area (TPSA) is 74.5 Å². The summed E-state index contributed by atoms with van der Waals surface area (Å²) < 4.78 is 0. The van der Waals surface area contributed by atoms with Crippen molar-refractivity contribution in [1.82, 2.24) is 15.2 Å². The maximum Gasteiger partial charge on any atom is 0.287 e. The summed E-state index contributed by atoms with van der Waals surface area (Å²) in [5.41, 5.74) is 0.0151. The SMILES string of the molecule is CN(C)CCNCCN(C)c1ccc([N+](=O)[O-])cn1. The summed E-state index contributed by atoms with van der Waals surface area (Å²) in [5.74, 6) is 0.736. The Bertz CT molecular complexity index is 394. The Hall–Kier alpha value is -1.73. The van der Waals surface area contributed by atoms with Gasteiger partial charge in [0, 0.05) is 39.3 Å². The lowest BCUT2D eigenvalue weighted by molar-refractivity contribution is -0.385. The maximum atomic E-state index is 10.5. The lowest BCUT2D eigenvalue weighted by Gasteiger charge is -2.18. The van der Waals surface area contributed by atoms with Crippen LogP contribution < -0.4 is 10.2 Å². The van der Waals surface area contributed by atoms with Gasteiger partial charge in [-0.25, -0.2) is 4.98 Å². The molecule has 0 amide bonds. The fraction of sp³-hybridized carbons (Fsp3) is 0.583. The first kappa shape index (κ1) is 15.3. The van der Waals surface area contributed by atoms with Crippen molar-refractivity contribution in [3.8, 4) is 0 Å². The van der Waals surface area contributed by atoms with Gasteiger partial charge in [-0.3, -0.25) is 10.1 Å². The van der Waals surface area contributed by atoms with Gasteiger partial charge in [0.2, 0.25) is 0 Å². The number of likely N-dealkylation sites (N-methyl/N-ethyl adjacent to an activating group) is 2. The standard InChI is InChI=1S/C12H21N5O2/c1-15(2)8-6-13-7-9-16(3)12-5-4-11(10-14-12)17(18)19/h4-5,10,13H,6-9H2,1-3H3. The van der Waals surface area contributed by atoms with Crippen LogP contribution in [0.15, 0.2) is 18.3 Å². The minimum atomic E-state index is -0.445. The average Bonchev–Trinajstić information content (AvgIpc) is 2.37. The molecule has 1 aromatic heterocycles. The van der Waals surface area contributed by atoms with Crippen LogP contribution in [0.4, 0.5) is 11.5 Å². The second kappa shape index (κ2) is 7.65.